The average molecular weight is 398 g/mol. The highest BCUT2D eigenvalue weighted by Gasteiger charge is 2.15. The van der Waals surface area contributed by atoms with E-state index in [1.165, 1.54) is 19.3 Å². The molecule has 0 spiro atoms. The van der Waals surface area contributed by atoms with E-state index in [9.17, 15) is 4.79 Å². The minimum Gasteiger partial charge on any atom is -0.348 e. The SMILES string of the molecule is O=C(NCc1cccc(Br)c1)c1ccc2c(c1)nc1n2CCCCC1. The van der Waals surface area contributed by atoms with Crippen molar-refractivity contribution in [1.29, 1.82) is 0 Å². The molecule has 0 saturated carbocycles. The highest BCUT2D eigenvalue weighted by atomic mass is 79.9. The number of carbonyl (C=O) groups is 1. The summed E-state index contributed by atoms with van der Waals surface area (Å²) in [5.74, 6) is 1.09. The third-order valence-electron chi connectivity index (χ3n) is 4.71. The van der Waals surface area contributed by atoms with Crippen LogP contribution in [0.2, 0.25) is 0 Å². The summed E-state index contributed by atoms with van der Waals surface area (Å²) >= 11 is 3.45. The van der Waals surface area contributed by atoms with Crippen molar-refractivity contribution in [3.8, 4) is 0 Å². The van der Waals surface area contributed by atoms with Gasteiger partial charge in [0.1, 0.15) is 5.82 Å². The van der Waals surface area contributed by atoms with Gasteiger partial charge in [0.25, 0.3) is 5.91 Å². The summed E-state index contributed by atoms with van der Waals surface area (Å²) in [4.78, 5) is 17.3. The van der Waals surface area contributed by atoms with Gasteiger partial charge in [-0.3, -0.25) is 4.79 Å². The summed E-state index contributed by atoms with van der Waals surface area (Å²) in [5, 5.41) is 2.98. The van der Waals surface area contributed by atoms with Gasteiger partial charge in [-0.2, -0.15) is 0 Å². The van der Waals surface area contributed by atoms with E-state index in [1.54, 1.807) is 0 Å². The molecule has 3 aromatic rings. The van der Waals surface area contributed by atoms with Gasteiger partial charge in [0.2, 0.25) is 0 Å². The lowest BCUT2D eigenvalue weighted by Gasteiger charge is -2.07. The first-order valence-electron chi connectivity index (χ1n) is 8.72. The molecule has 4 rings (SSSR count). The maximum atomic E-state index is 12.5. The van der Waals surface area contributed by atoms with E-state index >= 15 is 0 Å². The second-order valence-electron chi connectivity index (χ2n) is 6.51. The van der Waals surface area contributed by atoms with Gasteiger partial charge in [0, 0.05) is 29.5 Å². The molecule has 0 saturated heterocycles. The molecule has 0 unspecified atom stereocenters. The van der Waals surface area contributed by atoms with Crippen LogP contribution in [0.15, 0.2) is 46.9 Å². The molecule has 0 aliphatic carbocycles. The van der Waals surface area contributed by atoms with E-state index in [0.29, 0.717) is 12.1 Å². The molecule has 5 heteroatoms. The lowest BCUT2D eigenvalue weighted by molar-refractivity contribution is 0.0951. The zero-order valence-corrected chi connectivity index (χ0v) is 15.6. The number of aromatic nitrogens is 2. The van der Waals surface area contributed by atoms with Gasteiger partial charge in [-0.25, -0.2) is 4.98 Å². The third-order valence-corrected chi connectivity index (χ3v) is 5.21. The van der Waals surface area contributed by atoms with Crippen LogP contribution in [-0.2, 0) is 19.5 Å². The number of carbonyl (C=O) groups excluding carboxylic acids is 1. The van der Waals surface area contributed by atoms with E-state index < -0.39 is 0 Å². The highest BCUT2D eigenvalue weighted by Crippen LogP contribution is 2.23. The van der Waals surface area contributed by atoms with Crippen molar-refractivity contribution in [3.63, 3.8) is 0 Å². The topological polar surface area (TPSA) is 46.9 Å². The lowest BCUT2D eigenvalue weighted by Crippen LogP contribution is -2.22. The van der Waals surface area contributed by atoms with Gasteiger partial charge < -0.3 is 9.88 Å². The number of nitrogens with one attached hydrogen (secondary N) is 1. The number of imidazole rings is 1. The Bertz CT molecular complexity index is 932. The Morgan fingerprint density at radius 1 is 1.16 bits per heavy atom. The maximum Gasteiger partial charge on any atom is 0.251 e. The molecule has 1 aliphatic heterocycles. The van der Waals surface area contributed by atoms with Gasteiger partial charge in [0.15, 0.2) is 0 Å². The largest absolute Gasteiger partial charge is 0.348 e. The molecule has 1 amide bonds. The minimum atomic E-state index is -0.0648. The normalized spacial score (nSPS) is 14.1. The van der Waals surface area contributed by atoms with Crippen LogP contribution in [-0.4, -0.2) is 15.5 Å². The highest BCUT2D eigenvalue weighted by molar-refractivity contribution is 9.10. The average Bonchev–Trinajstić information content (AvgIpc) is 2.80. The molecule has 4 nitrogen and oxygen atoms in total. The molecule has 1 N–H and O–H groups in total. The molecular formula is C20H20BrN3O. The molecule has 0 radical (unpaired) electrons. The van der Waals surface area contributed by atoms with Crippen LogP contribution < -0.4 is 5.32 Å². The van der Waals surface area contributed by atoms with Gasteiger partial charge >= 0.3 is 0 Å². The van der Waals surface area contributed by atoms with Gasteiger partial charge in [-0.15, -0.1) is 0 Å². The Hall–Kier alpha value is -2.14. The second-order valence-corrected chi connectivity index (χ2v) is 7.42. The van der Waals surface area contributed by atoms with Crippen molar-refractivity contribution in [2.24, 2.45) is 0 Å². The summed E-state index contributed by atoms with van der Waals surface area (Å²) in [6.07, 6.45) is 4.69. The van der Waals surface area contributed by atoms with Crippen LogP contribution in [0.4, 0.5) is 0 Å². The van der Waals surface area contributed by atoms with Crippen molar-refractivity contribution in [2.45, 2.75) is 38.8 Å². The Labute approximate surface area is 155 Å². The fourth-order valence-corrected chi connectivity index (χ4v) is 3.87. The zero-order chi connectivity index (χ0) is 17.2. The first kappa shape index (κ1) is 16.3. The molecule has 1 aliphatic rings. The molecular weight excluding hydrogens is 378 g/mol. The van der Waals surface area contributed by atoms with Crippen LogP contribution in [0, 0.1) is 0 Å². The number of nitrogens with zero attached hydrogens (tertiary/aromatic N) is 2. The Morgan fingerprint density at radius 3 is 2.96 bits per heavy atom. The zero-order valence-electron chi connectivity index (χ0n) is 14.0. The third kappa shape index (κ3) is 3.47. The maximum absolute atomic E-state index is 12.5. The Balaban J connectivity index is 1.54. The minimum absolute atomic E-state index is 0.0648. The lowest BCUT2D eigenvalue weighted by atomic mass is 10.1. The summed E-state index contributed by atoms with van der Waals surface area (Å²) < 4.78 is 3.33. The van der Waals surface area contributed by atoms with Gasteiger partial charge in [0.05, 0.1) is 11.0 Å². The summed E-state index contributed by atoms with van der Waals surface area (Å²) in [5.41, 5.74) is 3.79. The van der Waals surface area contributed by atoms with Crippen LogP contribution >= 0.6 is 15.9 Å². The van der Waals surface area contributed by atoms with Crippen LogP contribution in [0.25, 0.3) is 11.0 Å². The second kappa shape index (κ2) is 7.00. The van der Waals surface area contributed by atoms with Crippen molar-refractivity contribution in [2.75, 3.05) is 0 Å². The Morgan fingerprint density at radius 2 is 2.08 bits per heavy atom. The number of fused-ring (bicyclic) bond motifs is 3. The fraction of sp³-hybridized carbons (Fsp3) is 0.300. The molecule has 1 aromatic heterocycles. The molecule has 2 heterocycles. The standard InChI is InChI=1S/C20H20BrN3O/c21-16-6-4-5-14(11-16)13-22-20(25)15-8-9-18-17(12-15)23-19-7-2-1-3-10-24(18)19/h4-6,8-9,11-12H,1-3,7,10,13H2,(H,22,25). The van der Waals surface area contributed by atoms with Crippen LogP contribution in [0.5, 0.6) is 0 Å². The van der Waals surface area contributed by atoms with Crippen molar-refractivity contribution >= 4 is 32.9 Å². The van der Waals surface area contributed by atoms with Gasteiger partial charge in [-0.05, 0) is 48.7 Å². The molecule has 0 fully saturated rings. The van der Waals surface area contributed by atoms with E-state index in [2.05, 4.69) is 25.8 Å². The predicted molar refractivity (Wildman–Crippen MR) is 103 cm³/mol. The first-order valence-corrected chi connectivity index (χ1v) is 9.52. The van der Waals surface area contributed by atoms with E-state index in [1.807, 2.05) is 42.5 Å². The van der Waals surface area contributed by atoms with E-state index in [4.69, 9.17) is 4.98 Å². The smallest absolute Gasteiger partial charge is 0.251 e. The fourth-order valence-electron chi connectivity index (χ4n) is 3.42. The Kier molecular flexibility index (Phi) is 4.57. The van der Waals surface area contributed by atoms with Crippen molar-refractivity contribution in [1.82, 2.24) is 14.9 Å². The van der Waals surface area contributed by atoms with Crippen molar-refractivity contribution < 1.29 is 4.79 Å². The number of hydrogen-bond acceptors (Lipinski definition) is 2. The quantitative estimate of drug-likeness (QED) is 0.709. The van der Waals surface area contributed by atoms with Crippen molar-refractivity contribution in [3.05, 3.63) is 63.9 Å². The number of aryl methyl sites for hydroxylation is 2. The summed E-state index contributed by atoms with van der Waals surface area (Å²) in [7, 11) is 0. The van der Waals surface area contributed by atoms with E-state index in [-0.39, 0.29) is 5.91 Å². The number of amides is 1. The number of halogens is 1. The van der Waals surface area contributed by atoms with E-state index in [0.717, 1.165) is 39.9 Å². The van der Waals surface area contributed by atoms with Crippen LogP contribution in [0.1, 0.15) is 41.0 Å². The van der Waals surface area contributed by atoms with Gasteiger partial charge in [-0.1, -0.05) is 34.5 Å². The summed E-state index contributed by atoms with van der Waals surface area (Å²) in [6.45, 7) is 1.54. The molecule has 25 heavy (non-hydrogen) atoms. The number of benzene rings is 2. The summed E-state index contributed by atoms with van der Waals surface area (Å²) in [6, 6.07) is 13.8. The number of hydrogen-bond donors (Lipinski definition) is 1. The van der Waals surface area contributed by atoms with Crippen LogP contribution in [0.3, 0.4) is 0 Å². The predicted octanol–water partition coefficient (Wildman–Crippen LogP) is 4.46. The molecule has 0 bridgehead atoms. The number of rotatable bonds is 3. The molecule has 2 aromatic carbocycles. The molecule has 0 atom stereocenters. The molecule has 128 valence electrons. The first-order chi connectivity index (χ1) is 12.2. The monoisotopic (exact) mass is 397 g/mol.